The summed E-state index contributed by atoms with van der Waals surface area (Å²) in [7, 11) is 0. The fourth-order valence-corrected chi connectivity index (χ4v) is 2.96. The van der Waals surface area contributed by atoms with E-state index in [9.17, 15) is 4.79 Å². The average molecular weight is 454 g/mol. The molecule has 6 heteroatoms. The number of thiocarbonyl (C=S) groups is 1. The van der Waals surface area contributed by atoms with Gasteiger partial charge in [-0.2, -0.15) is 0 Å². The second-order valence-electron chi connectivity index (χ2n) is 5.52. The first kappa shape index (κ1) is 18.7. The smallest absolute Gasteiger partial charge is 0.264 e. The van der Waals surface area contributed by atoms with Crippen molar-refractivity contribution >= 4 is 51.5 Å². The molecule has 1 amide bonds. The number of anilines is 1. The molecule has 2 aromatic carbocycles. The third-order valence-corrected chi connectivity index (χ3v) is 4.27. The Morgan fingerprint density at radius 1 is 1.12 bits per heavy atom. The molecular weight excluding hydrogens is 435 g/mol. The quantitative estimate of drug-likeness (QED) is 0.540. The van der Waals surface area contributed by atoms with E-state index in [2.05, 4.69) is 33.2 Å². The topological polar surface area (TPSA) is 50.4 Å². The highest BCUT2D eigenvalue weighted by Crippen LogP contribution is 2.19. The van der Waals surface area contributed by atoms with Crippen LogP contribution in [0.3, 0.4) is 0 Å². The summed E-state index contributed by atoms with van der Waals surface area (Å²) in [6.07, 6.45) is 0. The van der Waals surface area contributed by atoms with Crippen LogP contribution in [0.15, 0.2) is 36.4 Å². The first-order chi connectivity index (χ1) is 11.3. The molecule has 4 nitrogen and oxygen atoms in total. The molecule has 0 unspecified atom stereocenters. The van der Waals surface area contributed by atoms with Gasteiger partial charge in [-0.1, -0.05) is 12.1 Å². The van der Waals surface area contributed by atoms with Crippen molar-refractivity contribution in [2.75, 3.05) is 11.9 Å². The standard InChI is InChI=1S/C18H19IN2O2S/c1-11-4-5-12(2)16(8-11)23-10-17(22)21-18(24)20-15-7-6-14(19)9-13(15)3/h4-9H,10H2,1-3H3,(H2,20,21,22,24). The highest BCUT2D eigenvalue weighted by atomic mass is 127. The van der Waals surface area contributed by atoms with E-state index in [1.54, 1.807) is 0 Å². The van der Waals surface area contributed by atoms with Gasteiger partial charge in [-0.3, -0.25) is 10.1 Å². The van der Waals surface area contributed by atoms with Gasteiger partial charge in [0, 0.05) is 9.26 Å². The molecule has 0 aliphatic rings. The van der Waals surface area contributed by atoms with Crippen LogP contribution in [-0.4, -0.2) is 17.6 Å². The second-order valence-corrected chi connectivity index (χ2v) is 7.17. The number of carbonyl (C=O) groups excluding carboxylic acids is 1. The Morgan fingerprint density at radius 3 is 2.58 bits per heavy atom. The molecule has 2 N–H and O–H groups in total. The van der Waals surface area contributed by atoms with Crippen molar-refractivity contribution in [3.05, 3.63) is 56.7 Å². The number of benzene rings is 2. The molecule has 0 radical (unpaired) electrons. The van der Waals surface area contributed by atoms with Gasteiger partial charge in [0.1, 0.15) is 5.75 Å². The van der Waals surface area contributed by atoms with Gasteiger partial charge < -0.3 is 10.1 Å². The SMILES string of the molecule is Cc1ccc(C)c(OCC(=O)NC(=S)Nc2ccc(I)cc2C)c1. The first-order valence-corrected chi connectivity index (χ1v) is 8.91. The van der Waals surface area contributed by atoms with Gasteiger partial charge in [-0.25, -0.2) is 0 Å². The van der Waals surface area contributed by atoms with Crippen LogP contribution in [0.2, 0.25) is 0 Å². The Hall–Kier alpha value is -1.67. The first-order valence-electron chi connectivity index (χ1n) is 7.42. The second kappa shape index (κ2) is 8.43. The average Bonchev–Trinajstić information content (AvgIpc) is 2.51. The summed E-state index contributed by atoms with van der Waals surface area (Å²) in [5.74, 6) is 0.411. The maximum absolute atomic E-state index is 12.0. The van der Waals surface area contributed by atoms with E-state index < -0.39 is 0 Å². The summed E-state index contributed by atoms with van der Waals surface area (Å²) >= 11 is 7.43. The molecule has 0 heterocycles. The number of halogens is 1. The van der Waals surface area contributed by atoms with E-state index in [4.69, 9.17) is 17.0 Å². The van der Waals surface area contributed by atoms with E-state index in [0.717, 1.165) is 25.9 Å². The summed E-state index contributed by atoms with van der Waals surface area (Å²) in [5.41, 5.74) is 4.01. The number of ether oxygens (including phenoxy) is 1. The van der Waals surface area contributed by atoms with E-state index in [0.29, 0.717) is 5.75 Å². The number of amides is 1. The lowest BCUT2D eigenvalue weighted by atomic mass is 10.1. The molecular formula is C18H19IN2O2S. The Kier molecular flexibility index (Phi) is 6.56. The molecule has 0 aliphatic heterocycles. The molecule has 0 spiro atoms. The molecule has 0 atom stereocenters. The van der Waals surface area contributed by atoms with Crippen molar-refractivity contribution < 1.29 is 9.53 Å². The summed E-state index contributed by atoms with van der Waals surface area (Å²) in [4.78, 5) is 12.0. The zero-order valence-electron chi connectivity index (χ0n) is 13.8. The van der Waals surface area contributed by atoms with Crippen LogP contribution in [0.25, 0.3) is 0 Å². The number of hydrogen-bond donors (Lipinski definition) is 2. The fraction of sp³-hybridized carbons (Fsp3) is 0.222. The zero-order chi connectivity index (χ0) is 17.7. The lowest BCUT2D eigenvalue weighted by molar-refractivity contribution is -0.121. The molecule has 0 fully saturated rings. The van der Waals surface area contributed by atoms with Gasteiger partial charge in [0.2, 0.25) is 0 Å². The van der Waals surface area contributed by atoms with Crippen molar-refractivity contribution in [3.63, 3.8) is 0 Å². The number of nitrogens with one attached hydrogen (secondary N) is 2. The van der Waals surface area contributed by atoms with Gasteiger partial charge in [-0.05, 0) is 96.5 Å². The number of rotatable bonds is 4. The maximum atomic E-state index is 12.0. The van der Waals surface area contributed by atoms with Crippen LogP contribution in [0.4, 0.5) is 5.69 Å². The predicted molar refractivity (Wildman–Crippen MR) is 110 cm³/mol. The van der Waals surface area contributed by atoms with E-state index in [1.165, 1.54) is 0 Å². The lowest BCUT2D eigenvalue weighted by Gasteiger charge is -2.13. The van der Waals surface area contributed by atoms with Crippen LogP contribution in [0.1, 0.15) is 16.7 Å². The van der Waals surface area contributed by atoms with E-state index in [-0.39, 0.29) is 17.6 Å². The Balaban J connectivity index is 1.87. The molecule has 0 aliphatic carbocycles. The largest absolute Gasteiger partial charge is 0.483 e. The molecule has 0 aromatic heterocycles. The summed E-state index contributed by atoms with van der Waals surface area (Å²) in [6.45, 7) is 5.82. The van der Waals surface area contributed by atoms with Crippen molar-refractivity contribution in [3.8, 4) is 5.75 Å². The summed E-state index contributed by atoms with van der Waals surface area (Å²) in [6, 6.07) is 11.8. The minimum absolute atomic E-state index is 0.0855. The third kappa shape index (κ3) is 5.45. The number of hydrogen-bond acceptors (Lipinski definition) is 3. The van der Waals surface area contributed by atoms with Gasteiger partial charge in [0.25, 0.3) is 5.91 Å². The monoisotopic (exact) mass is 454 g/mol. The summed E-state index contributed by atoms with van der Waals surface area (Å²) in [5, 5.41) is 5.91. The third-order valence-electron chi connectivity index (χ3n) is 3.39. The molecule has 2 aromatic rings. The van der Waals surface area contributed by atoms with Crippen molar-refractivity contribution in [1.29, 1.82) is 0 Å². The van der Waals surface area contributed by atoms with E-state index >= 15 is 0 Å². The zero-order valence-corrected chi connectivity index (χ0v) is 16.7. The van der Waals surface area contributed by atoms with Crippen molar-refractivity contribution in [2.45, 2.75) is 20.8 Å². The van der Waals surface area contributed by atoms with Crippen LogP contribution in [0.5, 0.6) is 5.75 Å². The van der Waals surface area contributed by atoms with Crippen LogP contribution < -0.4 is 15.4 Å². The Morgan fingerprint density at radius 2 is 1.88 bits per heavy atom. The van der Waals surface area contributed by atoms with Gasteiger partial charge in [-0.15, -0.1) is 0 Å². The minimum atomic E-state index is -0.295. The lowest BCUT2D eigenvalue weighted by Crippen LogP contribution is -2.37. The van der Waals surface area contributed by atoms with Crippen LogP contribution in [-0.2, 0) is 4.79 Å². The maximum Gasteiger partial charge on any atom is 0.264 e. The highest BCUT2D eigenvalue weighted by molar-refractivity contribution is 14.1. The van der Waals surface area contributed by atoms with Gasteiger partial charge in [0.15, 0.2) is 11.7 Å². The molecule has 0 bridgehead atoms. The predicted octanol–water partition coefficient (Wildman–Crippen LogP) is 4.11. The number of aryl methyl sites for hydroxylation is 3. The Bertz CT molecular complexity index is 778. The molecule has 24 heavy (non-hydrogen) atoms. The normalized spacial score (nSPS) is 10.2. The minimum Gasteiger partial charge on any atom is -0.483 e. The molecule has 2 rings (SSSR count). The van der Waals surface area contributed by atoms with Crippen molar-refractivity contribution in [2.24, 2.45) is 0 Å². The fourth-order valence-electron chi connectivity index (χ4n) is 2.09. The molecule has 126 valence electrons. The van der Waals surface area contributed by atoms with Crippen LogP contribution >= 0.6 is 34.8 Å². The van der Waals surface area contributed by atoms with E-state index in [1.807, 2.05) is 57.2 Å². The van der Waals surface area contributed by atoms with Gasteiger partial charge >= 0.3 is 0 Å². The summed E-state index contributed by atoms with van der Waals surface area (Å²) < 4.78 is 6.72. The Labute approximate surface area is 161 Å². The molecule has 0 saturated heterocycles. The highest BCUT2D eigenvalue weighted by Gasteiger charge is 2.08. The number of carbonyl (C=O) groups is 1. The van der Waals surface area contributed by atoms with Crippen molar-refractivity contribution in [1.82, 2.24) is 5.32 Å². The van der Waals surface area contributed by atoms with Gasteiger partial charge in [0.05, 0.1) is 0 Å². The van der Waals surface area contributed by atoms with Crippen LogP contribution in [0, 0.1) is 24.3 Å². The molecule has 0 saturated carbocycles.